The van der Waals surface area contributed by atoms with Gasteiger partial charge in [-0.2, -0.15) is 0 Å². The maximum Gasteiger partial charge on any atom is 0.350 e. The molecule has 34 heavy (non-hydrogen) atoms. The zero-order valence-corrected chi connectivity index (χ0v) is 20.1. The van der Waals surface area contributed by atoms with Gasteiger partial charge in [-0.1, -0.05) is 41.1 Å². The number of nitrogens with zero attached hydrogens (tertiary/aromatic N) is 1. The van der Waals surface area contributed by atoms with Crippen molar-refractivity contribution in [3.63, 3.8) is 0 Å². The Bertz CT molecular complexity index is 1310. The molecule has 0 saturated heterocycles. The first-order valence-corrected chi connectivity index (χ1v) is 11.7. The van der Waals surface area contributed by atoms with Crippen molar-refractivity contribution in [2.24, 2.45) is 0 Å². The number of hydrogen-bond acceptors (Lipinski definition) is 7. The van der Waals surface area contributed by atoms with Crippen LogP contribution in [-0.4, -0.2) is 35.9 Å². The van der Waals surface area contributed by atoms with E-state index in [-0.39, 0.29) is 19.0 Å². The number of aromatic nitrogens is 1. The monoisotopic (exact) mass is 496 g/mol. The van der Waals surface area contributed by atoms with Crippen molar-refractivity contribution >= 4 is 51.8 Å². The molecule has 0 spiro atoms. The summed E-state index contributed by atoms with van der Waals surface area (Å²) in [5.41, 5.74) is 3.53. The summed E-state index contributed by atoms with van der Waals surface area (Å²) >= 11 is 7.07. The summed E-state index contributed by atoms with van der Waals surface area (Å²) in [4.78, 5) is 41.4. The molecule has 9 heteroatoms. The fourth-order valence-electron chi connectivity index (χ4n) is 3.52. The molecule has 2 aromatic carbocycles. The predicted octanol–water partition coefficient (Wildman–Crippen LogP) is 5.12. The number of benzene rings is 2. The number of rotatable bonds is 7. The minimum atomic E-state index is -0.466. The third-order valence-electron chi connectivity index (χ3n) is 5.06. The zero-order chi connectivity index (χ0) is 24.2. The van der Waals surface area contributed by atoms with E-state index < -0.39 is 11.9 Å². The van der Waals surface area contributed by atoms with E-state index in [9.17, 15) is 14.4 Å². The van der Waals surface area contributed by atoms with Crippen LogP contribution in [0.4, 0.5) is 5.13 Å². The average molecular weight is 497 g/mol. The molecule has 0 saturated carbocycles. The Labute approximate surface area is 205 Å². The van der Waals surface area contributed by atoms with Crippen molar-refractivity contribution in [2.45, 2.75) is 20.3 Å². The number of esters is 1. The van der Waals surface area contributed by atoms with Crippen LogP contribution in [0.5, 0.6) is 5.75 Å². The number of hydrogen-bond donors (Lipinski definition) is 1. The number of carbonyl (C=O) groups excluding carboxylic acids is 3. The van der Waals surface area contributed by atoms with Gasteiger partial charge in [-0.3, -0.25) is 14.9 Å². The first kappa shape index (κ1) is 23.7. The summed E-state index contributed by atoms with van der Waals surface area (Å²) < 4.78 is 10.6. The number of ether oxygens (including phenoxy) is 2. The number of anilines is 1. The van der Waals surface area contributed by atoms with Crippen LogP contribution in [-0.2, 0) is 16.0 Å². The molecule has 0 bridgehead atoms. The van der Waals surface area contributed by atoms with Gasteiger partial charge in [0.25, 0.3) is 5.91 Å². The second-order valence-corrected chi connectivity index (χ2v) is 8.98. The van der Waals surface area contributed by atoms with E-state index in [0.29, 0.717) is 44.0 Å². The summed E-state index contributed by atoms with van der Waals surface area (Å²) in [6.07, 6.45) is 2.36. The van der Waals surface area contributed by atoms with E-state index in [1.54, 1.807) is 44.2 Å². The number of aryl methyl sites for hydroxylation is 1. The van der Waals surface area contributed by atoms with E-state index >= 15 is 0 Å². The maximum absolute atomic E-state index is 12.7. The highest BCUT2D eigenvalue weighted by Crippen LogP contribution is 2.30. The summed E-state index contributed by atoms with van der Waals surface area (Å²) in [7, 11) is 0. The average Bonchev–Trinajstić information content (AvgIpc) is 3.32. The van der Waals surface area contributed by atoms with E-state index in [1.807, 2.05) is 18.2 Å². The highest BCUT2D eigenvalue weighted by molar-refractivity contribution is 7.17. The topological polar surface area (TPSA) is 94.6 Å². The van der Waals surface area contributed by atoms with Gasteiger partial charge in [0.2, 0.25) is 0 Å². The van der Waals surface area contributed by atoms with Gasteiger partial charge in [0.1, 0.15) is 10.6 Å². The Hall–Kier alpha value is -3.49. The highest BCUT2D eigenvalue weighted by atomic mass is 35.5. The third kappa shape index (κ3) is 5.35. The van der Waals surface area contributed by atoms with Crippen molar-refractivity contribution in [1.82, 2.24) is 4.98 Å². The minimum absolute atomic E-state index is 0.0378. The molecule has 1 aromatic heterocycles. The van der Waals surface area contributed by atoms with Crippen molar-refractivity contribution < 1.29 is 23.9 Å². The summed E-state index contributed by atoms with van der Waals surface area (Å²) in [5, 5.41) is 3.47. The Morgan fingerprint density at radius 3 is 2.85 bits per heavy atom. The van der Waals surface area contributed by atoms with E-state index in [2.05, 4.69) is 10.3 Å². The van der Waals surface area contributed by atoms with Gasteiger partial charge in [0, 0.05) is 22.6 Å². The first-order chi connectivity index (χ1) is 16.3. The third-order valence-corrected chi connectivity index (χ3v) is 6.35. The standard InChI is InChI=1S/C25H21ClN2O5S/c1-3-32-24(31)23-14(2)27-25(34-23)28-21(29)13-33-19-6-4-5-15(10-19)9-17-11-16-7-8-18(26)12-20(16)22(17)30/h4-10,12H,3,11,13H2,1-2H3,(H,27,28,29)/b17-9+. The van der Waals surface area contributed by atoms with Gasteiger partial charge in [-0.25, -0.2) is 9.78 Å². The molecular formula is C25H21ClN2O5S. The van der Waals surface area contributed by atoms with Gasteiger partial charge >= 0.3 is 5.97 Å². The van der Waals surface area contributed by atoms with Crippen LogP contribution in [0, 0.1) is 6.92 Å². The van der Waals surface area contributed by atoms with Crippen LogP contribution in [0.3, 0.4) is 0 Å². The van der Waals surface area contributed by atoms with Gasteiger partial charge in [-0.05, 0) is 55.3 Å². The molecule has 7 nitrogen and oxygen atoms in total. The Balaban J connectivity index is 1.38. The largest absolute Gasteiger partial charge is 0.484 e. The fourth-order valence-corrected chi connectivity index (χ4v) is 4.57. The number of allylic oxidation sites excluding steroid dienone is 1. The van der Waals surface area contributed by atoms with Crippen molar-refractivity contribution in [2.75, 3.05) is 18.5 Å². The molecule has 0 atom stereocenters. The second kappa shape index (κ2) is 10.2. The molecular weight excluding hydrogens is 476 g/mol. The van der Waals surface area contributed by atoms with Gasteiger partial charge in [0.05, 0.1) is 12.3 Å². The first-order valence-electron chi connectivity index (χ1n) is 10.5. The predicted molar refractivity (Wildman–Crippen MR) is 131 cm³/mol. The number of halogens is 1. The Kier molecular flexibility index (Phi) is 7.09. The maximum atomic E-state index is 12.7. The molecule has 0 unspecified atom stereocenters. The summed E-state index contributed by atoms with van der Waals surface area (Å²) in [5.74, 6) is -0.430. The van der Waals surface area contributed by atoms with Crippen LogP contribution in [0.2, 0.25) is 5.02 Å². The molecule has 0 aliphatic heterocycles. The Morgan fingerprint density at radius 1 is 1.24 bits per heavy atom. The molecule has 1 heterocycles. The zero-order valence-electron chi connectivity index (χ0n) is 18.5. The number of thiazole rings is 1. The van der Waals surface area contributed by atoms with E-state index in [4.69, 9.17) is 21.1 Å². The van der Waals surface area contributed by atoms with Crippen molar-refractivity contribution in [1.29, 1.82) is 0 Å². The highest BCUT2D eigenvalue weighted by Gasteiger charge is 2.25. The van der Waals surface area contributed by atoms with Crippen LogP contribution in [0.25, 0.3) is 6.08 Å². The van der Waals surface area contributed by atoms with Crippen molar-refractivity contribution in [3.05, 3.63) is 80.3 Å². The number of amides is 1. The lowest BCUT2D eigenvalue weighted by Crippen LogP contribution is -2.20. The lowest BCUT2D eigenvalue weighted by Gasteiger charge is -2.07. The van der Waals surface area contributed by atoms with Crippen LogP contribution in [0.15, 0.2) is 48.0 Å². The molecule has 1 amide bonds. The molecule has 174 valence electrons. The Morgan fingerprint density at radius 2 is 2.06 bits per heavy atom. The molecule has 4 rings (SSSR count). The molecule has 0 radical (unpaired) electrons. The summed E-state index contributed by atoms with van der Waals surface area (Å²) in [6.45, 7) is 3.42. The fraction of sp³-hybridized carbons (Fsp3) is 0.200. The number of ketones is 1. The van der Waals surface area contributed by atoms with Crippen LogP contribution in [0.1, 0.15) is 43.8 Å². The molecule has 3 aromatic rings. The quantitative estimate of drug-likeness (QED) is 0.360. The van der Waals surface area contributed by atoms with Crippen LogP contribution < -0.4 is 10.1 Å². The molecule has 0 fully saturated rings. The minimum Gasteiger partial charge on any atom is -0.484 e. The van der Waals surface area contributed by atoms with Crippen molar-refractivity contribution in [3.8, 4) is 5.75 Å². The summed E-state index contributed by atoms with van der Waals surface area (Å²) in [6, 6.07) is 12.5. The van der Waals surface area contributed by atoms with E-state index in [1.165, 1.54) is 0 Å². The molecule has 1 aliphatic rings. The molecule has 1 aliphatic carbocycles. The normalized spacial score (nSPS) is 13.6. The lowest BCUT2D eigenvalue weighted by molar-refractivity contribution is -0.118. The lowest BCUT2D eigenvalue weighted by atomic mass is 10.1. The van der Waals surface area contributed by atoms with Gasteiger partial charge in [-0.15, -0.1) is 0 Å². The van der Waals surface area contributed by atoms with Gasteiger partial charge in [0.15, 0.2) is 17.5 Å². The van der Waals surface area contributed by atoms with Crippen LogP contribution >= 0.6 is 22.9 Å². The van der Waals surface area contributed by atoms with E-state index in [0.717, 1.165) is 22.5 Å². The molecule has 1 N–H and O–H groups in total. The number of Topliss-reactive ketones (excluding diaryl/α,β-unsaturated/α-hetero) is 1. The van der Waals surface area contributed by atoms with Gasteiger partial charge < -0.3 is 9.47 Å². The number of nitrogens with one attached hydrogen (secondary N) is 1. The number of carbonyl (C=O) groups is 3. The second-order valence-electron chi connectivity index (χ2n) is 7.54. The number of fused-ring (bicyclic) bond motifs is 1. The smallest absolute Gasteiger partial charge is 0.350 e. The SMILES string of the molecule is CCOC(=O)c1sc(NC(=O)COc2cccc(/C=C3\Cc4ccc(Cl)cc4C3=O)c2)nc1C.